The van der Waals surface area contributed by atoms with E-state index in [0.717, 1.165) is 25.2 Å². The molecule has 2 amide bonds. The maximum absolute atomic E-state index is 12.1. The highest BCUT2D eigenvalue weighted by Crippen LogP contribution is 2.14. The Kier molecular flexibility index (Phi) is 6.76. The molecule has 0 aliphatic carbocycles. The molecule has 1 aliphatic heterocycles. The molecule has 1 fully saturated rings. The van der Waals surface area contributed by atoms with E-state index in [2.05, 4.69) is 4.90 Å². The van der Waals surface area contributed by atoms with E-state index in [9.17, 15) is 9.59 Å². The molecule has 142 valence electrons. The number of nitrogens with zero attached hydrogens (tertiary/aromatic N) is 2. The third kappa shape index (κ3) is 6.50. The normalized spacial score (nSPS) is 15.9. The van der Waals surface area contributed by atoms with Crippen LogP contribution in [0.25, 0.3) is 6.08 Å². The van der Waals surface area contributed by atoms with Crippen molar-refractivity contribution in [3.8, 4) is 0 Å². The van der Waals surface area contributed by atoms with Crippen molar-refractivity contribution in [1.82, 2.24) is 15.3 Å². The highest BCUT2D eigenvalue weighted by Gasteiger charge is 2.25. The maximum atomic E-state index is 12.1. The van der Waals surface area contributed by atoms with Gasteiger partial charge in [0.05, 0.1) is 0 Å². The molecule has 7 nitrogen and oxygen atoms in total. The SMILES string of the molecule is CC(C)(C)OC(=O)N1CCN(Cc2ccc(C=CC(=O)NO)cc2)CC1. The van der Waals surface area contributed by atoms with E-state index >= 15 is 0 Å². The molecule has 0 radical (unpaired) electrons. The summed E-state index contributed by atoms with van der Waals surface area (Å²) in [5.41, 5.74) is 3.13. The van der Waals surface area contributed by atoms with Crippen molar-refractivity contribution in [2.24, 2.45) is 0 Å². The monoisotopic (exact) mass is 361 g/mol. The summed E-state index contributed by atoms with van der Waals surface area (Å²) in [4.78, 5) is 27.1. The van der Waals surface area contributed by atoms with E-state index in [0.29, 0.717) is 13.1 Å². The van der Waals surface area contributed by atoms with Crippen LogP contribution < -0.4 is 5.48 Å². The van der Waals surface area contributed by atoms with Crippen LogP contribution in [0.3, 0.4) is 0 Å². The number of hydroxylamine groups is 1. The van der Waals surface area contributed by atoms with Gasteiger partial charge < -0.3 is 9.64 Å². The van der Waals surface area contributed by atoms with Gasteiger partial charge in [0.15, 0.2) is 0 Å². The van der Waals surface area contributed by atoms with Crippen molar-refractivity contribution in [3.63, 3.8) is 0 Å². The zero-order chi connectivity index (χ0) is 19.2. The van der Waals surface area contributed by atoms with Crippen molar-refractivity contribution in [1.29, 1.82) is 0 Å². The Balaban J connectivity index is 1.81. The lowest BCUT2D eigenvalue weighted by molar-refractivity contribution is -0.124. The minimum absolute atomic E-state index is 0.250. The van der Waals surface area contributed by atoms with Crippen LogP contribution in [-0.2, 0) is 16.1 Å². The van der Waals surface area contributed by atoms with Gasteiger partial charge in [0.1, 0.15) is 5.60 Å². The Bertz CT molecular complexity index is 642. The molecule has 0 spiro atoms. The molecule has 7 heteroatoms. The molecule has 1 heterocycles. The third-order valence-corrected chi connectivity index (χ3v) is 3.95. The molecule has 1 aromatic carbocycles. The van der Waals surface area contributed by atoms with E-state index in [1.807, 2.05) is 45.0 Å². The van der Waals surface area contributed by atoms with Gasteiger partial charge in [-0.05, 0) is 38.0 Å². The van der Waals surface area contributed by atoms with Crippen LogP contribution in [0.4, 0.5) is 4.79 Å². The first-order valence-corrected chi connectivity index (χ1v) is 8.68. The van der Waals surface area contributed by atoms with E-state index in [1.54, 1.807) is 16.5 Å². The van der Waals surface area contributed by atoms with Gasteiger partial charge in [-0.3, -0.25) is 14.9 Å². The molecule has 0 saturated carbocycles. The summed E-state index contributed by atoms with van der Waals surface area (Å²) in [6.07, 6.45) is 2.65. The molecule has 1 aromatic rings. The molecule has 0 aromatic heterocycles. The van der Waals surface area contributed by atoms with E-state index < -0.39 is 11.5 Å². The zero-order valence-electron chi connectivity index (χ0n) is 15.6. The Morgan fingerprint density at radius 2 is 1.77 bits per heavy atom. The van der Waals surface area contributed by atoms with Crippen LogP contribution in [0.5, 0.6) is 0 Å². The van der Waals surface area contributed by atoms with E-state index in [4.69, 9.17) is 9.94 Å². The summed E-state index contributed by atoms with van der Waals surface area (Å²) in [7, 11) is 0. The molecule has 0 unspecified atom stereocenters. The zero-order valence-corrected chi connectivity index (χ0v) is 15.6. The first kappa shape index (κ1) is 19.9. The van der Waals surface area contributed by atoms with Gasteiger partial charge in [-0.1, -0.05) is 24.3 Å². The highest BCUT2D eigenvalue weighted by atomic mass is 16.6. The molecule has 2 rings (SSSR count). The number of amides is 2. The number of carbonyl (C=O) groups is 2. The number of hydrogen-bond acceptors (Lipinski definition) is 5. The number of hydrogen-bond donors (Lipinski definition) is 2. The lowest BCUT2D eigenvalue weighted by atomic mass is 10.1. The van der Waals surface area contributed by atoms with Crippen LogP contribution in [-0.4, -0.2) is 58.8 Å². The second kappa shape index (κ2) is 8.82. The second-order valence-corrected chi connectivity index (χ2v) is 7.29. The average molecular weight is 361 g/mol. The van der Waals surface area contributed by atoms with Crippen LogP contribution >= 0.6 is 0 Å². The number of nitrogens with one attached hydrogen (secondary N) is 1. The molecule has 0 bridgehead atoms. The van der Waals surface area contributed by atoms with Crippen LogP contribution in [0.15, 0.2) is 30.3 Å². The van der Waals surface area contributed by atoms with Gasteiger partial charge >= 0.3 is 6.09 Å². The van der Waals surface area contributed by atoms with Crippen LogP contribution in [0.2, 0.25) is 0 Å². The fourth-order valence-corrected chi connectivity index (χ4v) is 2.62. The van der Waals surface area contributed by atoms with Gasteiger partial charge in [0.2, 0.25) is 0 Å². The predicted molar refractivity (Wildman–Crippen MR) is 98.5 cm³/mol. The first-order valence-electron chi connectivity index (χ1n) is 8.68. The highest BCUT2D eigenvalue weighted by molar-refractivity contribution is 5.90. The number of ether oxygens (including phenoxy) is 1. The van der Waals surface area contributed by atoms with Gasteiger partial charge in [-0.2, -0.15) is 0 Å². The van der Waals surface area contributed by atoms with Gasteiger partial charge in [-0.15, -0.1) is 0 Å². The molecular weight excluding hydrogens is 334 g/mol. The van der Waals surface area contributed by atoms with Crippen LogP contribution in [0, 0.1) is 0 Å². The number of benzene rings is 1. The Morgan fingerprint density at radius 1 is 1.15 bits per heavy atom. The Hall–Kier alpha value is -2.38. The predicted octanol–water partition coefficient (Wildman–Crippen LogP) is 2.26. The smallest absolute Gasteiger partial charge is 0.410 e. The summed E-state index contributed by atoms with van der Waals surface area (Å²) in [6, 6.07) is 7.87. The lowest BCUT2D eigenvalue weighted by Gasteiger charge is -2.35. The van der Waals surface area contributed by atoms with Crippen LogP contribution in [0.1, 0.15) is 31.9 Å². The largest absolute Gasteiger partial charge is 0.444 e. The number of carbonyl (C=O) groups excluding carboxylic acids is 2. The average Bonchev–Trinajstić information content (AvgIpc) is 2.60. The lowest BCUT2D eigenvalue weighted by Crippen LogP contribution is -2.49. The van der Waals surface area contributed by atoms with Crippen molar-refractivity contribution < 1.29 is 19.5 Å². The van der Waals surface area contributed by atoms with Crippen molar-refractivity contribution in [2.45, 2.75) is 32.9 Å². The van der Waals surface area contributed by atoms with Crippen molar-refractivity contribution >= 4 is 18.1 Å². The topological polar surface area (TPSA) is 82.1 Å². The first-order chi connectivity index (χ1) is 12.3. The summed E-state index contributed by atoms with van der Waals surface area (Å²) in [5.74, 6) is -0.558. The summed E-state index contributed by atoms with van der Waals surface area (Å²) < 4.78 is 5.41. The number of rotatable bonds is 4. The molecule has 1 saturated heterocycles. The molecule has 26 heavy (non-hydrogen) atoms. The fraction of sp³-hybridized carbons (Fsp3) is 0.474. The van der Waals surface area contributed by atoms with E-state index in [1.165, 1.54) is 11.6 Å². The van der Waals surface area contributed by atoms with Crippen molar-refractivity contribution in [3.05, 3.63) is 41.5 Å². The van der Waals surface area contributed by atoms with E-state index in [-0.39, 0.29) is 6.09 Å². The minimum Gasteiger partial charge on any atom is -0.444 e. The van der Waals surface area contributed by atoms with Gasteiger partial charge in [0, 0.05) is 38.8 Å². The summed E-state index contributed by atoms with van der Waals surface area (Å²) in [5, 5.41) is 8.46. The quantitative estimate of drug-likeness (QED) is 0.488. The molecule has 2 N–H and O–H groups in total. The molecule has 1 aliphatic rings. The summed E-state index contributed by atoms with van der Waals surface area (Å²) >= 11 is 0. The maximum Gasteiger partial charge on any atom is 0.410 e. The van der Waals surface area contributed by atoms with Crippen molar-refractivity contribution in [2.75, 3.05) is 26.2 Å². The van der Waals surface area contributed by atoms with Gasteiger partial charge in [0.25, 0.3) is 5.91 Å². The standard InChI is InChI=1S/C19H27N3O4/c1-19(2,3)26-18(24)22-12-10-21(11-13-22)14-16-6-4-15(5-7-16)8-9-17(23)20-25/h4-9,25H,10-14H2,1-3H3,(H,20,23). The number of piperazine rings is 1. The second-order valence-electron chi connectivity index (χ2n) is 7.29. The Labute approximate surface area is 154 Å². The summed E-state index contributed by atoms with van der Waals surface area (Å²) in [6.45, 7) is 9.35. The molecular formula is C19H27N3O4. The van der Waals surface area contributed by atoms with Gasteiger partial charge in [-0.25, -0.2) is 10.3 Å². The minimum atomic E-state index is -0.558. The fourth-order valence-electron chi connectivity index (χ4n) is 2.62. The Morgan fingerprint density at radius 3 is 2.31 bits per heavy atom. The third-order valence-electron chi connectivity index (χ3n) is 3.95. The molecule has 0 atom stereocenters.